The van der Waals surface area contributed by atoms with E-state index in [-0.39, 0.29) is 0 Å². The van der Waals surface area contributed by atoms with Crippen molar-refractivity contribution in [3.63, 3.8) is 0 Å². The smallest absolute Gasteiger partial charge is 0.191 e. The minimum absolute atomic E-state index is 0.457. The van der Waals surface area contributed by atoms with Gasteiger partial charge in [0.2, 0.25) is 0 Å². The Balaban J connectivity index is 1.32. The summed E-state index contributed by atoms with van der Waals surface area (Å²) in [6, 6.07) is 6.56. The predicted molar refractivity (Wildman–Crippen MR) is 111 cm³/mol. The van der Waals surface area contributed by atoms with Gasteiger partial charge in [-0.2, -0.15) is 0 Å². The van der Waals surface area contributed by atoms with Crippen LogP contribution in [0.5, 0.6) is 0 Å². The molecule has 2 fully saturated rings. The highest BCUT2D eigenvalue weighted by Crippen LogP contribution is 2.19. The first-order valence-corrected chi connectivity index (χ1v) is 10.6. The van der Waals surface area contributed by atoms with Gasteiger partial charge in [-0.25, -0.2) is 4.98 Å². The third-order valence-corrected chi connectivity index (χ3v) is 5.58. The molecule has 0 amide bonds. The van der Waals surface area contributed by atoms with Crippen LogP contribution in [0.2, 0.25) is 0 Å². The molecule has 2 aliphatic rings. The summed E-state index contributed by atoms with van der Waals surface area (Å²) in [4.78, 5) is 11.2. The normalized spacial score (nSPS) is 20.3. The molecule has 27 heavy (non-hydrogen) atoms. The predicted octanol–water partition coefficient (Wildman–Crippen LogP) is 2.95. The molecule has 0 atom stereocenters. The van der Waals surface area contributed by atoms with Crippen molar-refractivity contribution in [1.29, 1.82) is 0 Å². The first-order valence-electron chi connectivity index (χ1n) is 10.6. The quantitative estimate of drug-likeness (QED) is 0.347. The van der Waals surface area contributed by atoms with Gasteiger partial charge in [0.15, 0.2) is 5.96 Å². The Labute approximate surface area is 163 Å². The molecule has 1 saturated heterocycles. The maximum Gasteiger partial charge on any atom is 0.191 e. The molecule has 2 N–H and O–H groups in total. The van der Waals surface area contributed by atoms with Gasteiger partial charge in [-0.3, -0.25) is 4.99 Å². The van der Waals surface area contributed by atoms with Gasteiger partial charge in [0.05, 0.1) is 12.7 Å². The highest BCUT2D eigenvalue weighted by atomic mass is 16.5. The van der Waals surface area contributed by atoms with Gasteiger partial charge >= 0.3 is 0 Å². The fraction of sp³-hybridized carbons (Fsp3) is 0.714. The van der Waals surface area contributed by atoms with Gasteiger partial charge < -0.3 is 20.3 Å². The lowest BCUT2D eigenvalue weighted by molar-refractivity contribution is 0.0468. The topological polar surface area (TPSA) is 61.8 Å². The zero-order chi connectivity index (χ0) is 18.7. The van der Waals surface area contributed by atoms with Crippen molar-refractivity contribution in [2.75, 3.05) is 38.2 Å². The molecular formula is C21H35N5O. The summed E-state index contributed by atoms with van der Waals surface area (Å²) in [5, 5.41) is 6.97. The molecule has 1 saturated carbocycles. The molecule has 3 rings (SSSR count). The molecule has 6 heteroatoms. The van der Waals surface area contributed by atoms with Crippen LogP contribution in [0.3, 0.4) is 0 Å². The Bertz CT molecular complexity index is 549. The summed E-state index contributed by atoms with van der Waals surface area (Å²) in [6.07, 6.45) is 12.3. The molecule has 2 heterocycles. The zero-order valence-electron chi connectivity index (χ0n) is 16.7. The fourth-order valence-corrected chi connectivity index (χ4v) is 3.99. The highest BCUT2D eigenvalue weighted by Gasteiger charge is 2.20. The van der Waals surface area contributed by atoms with Crippen molar-refractivity contribution >= 4 is 11.8 Å². The van der Waals surface area contributed by atoms with E-state index in [1.54, 1.807) is 0 Å². The average molecular weight is 374 g/mol. The summed E-state index contributed by atoms with van der Waals surface area (Å²) in [7, 11) is 1.84. The van der Waals surface area contributed by atoms with Crippen molar-refractivity contribution < 1.29 is 4.74 Å². The molecule has 1 aromatic rings. The Morgan fingerprint density at radius 3 is 2.59 bits per heavy atom. The lowest BCUT2D eigenvalue weighted by Gasteiger charge is -2.33. The van der Waals surface area contributed by atoms with Gasteiger partial charge in [-0.05, 0) is 37.8 Å². The van der Waals surface area contributed by atoms with Crippen LogP contribution in [0.1, 0.15) is 51.4 Å². The summed E-state index contributed by atoms with van der Waals surface area (Å²) in [5.74, 6) is 1.96. The second-order valence-electron chi connectivity index (χ2n) is 7.58. The largest absolute Gasteiger partial charge is 0.376 e. The summed E-state index contributed by atoms with van der Waals surface area (Å²) in [6.45, 7) is 3.61. The molecule has 1 aliphatic heterocycles. The average Bonchev–Trinajstić information content (AvgIpc) is 3.00. The second-order valence-corrected chi connectivity index (χ2v) is 7.58. The Morgan fingerprint density at radius 1 is 1.15 bits per heavy atom. The molecule has 0 radical (unpaired) electrons. The van der Waals surface area contributed by atoms with E-state index in [2.05, 4.69) is 37.6 Å². The van der Waals surface area contributed by atoms with E-state index in [1.807, 2.05) is 19.3 Å². The lowest BCUT2D eigenvalue weighted by atomic mass is 10.1. The van der Waals surface area contributed by atoms with E-state index >= 15 is 0 Å². The summed E-state index contributed by atoms with van der Waals surface area (Å²) in [5.41, 5.74) is 0. The third kappa shape index (κ3) is 6.69. The van der Waals surface area contributed by atoms with Crippen LogP contribution in [-0.4, -0.2) is 56.4 Å². The number of rotatable bonds is 6. The van der Waals surface area contributed by atoms with Crippen molar-refractivity contribution in [2.45, 2.75) is 63.5 Å². The standard InChI is InChI=1S/C21H35N5O/c1-22-21(24-14-17-27-19-8-4-2-3-5-9-19)25-18-11-15-26(16-12-18)20-10-6-7-13-23-20/h6-7,10,13,18-19H,2-5,8-9,11-12,14-17H2,1H3,(H2,22,24,25). The number of pyridine rings is 1. The van der Waals surface area contributed by atoms with Crippen molar-refractivity contribution in [3.05, 3.63) is 24.4 Å². The number of ether oxygens (including phenoxy) is 1. The Hall–Kier alpha value is -1.82. The maximum atomic E-state index is 6.05. The van der Waals surface area contributed by atoms with Crippen LogP contribution < -0.4 is 15.5 Å². The number of hydrogen-bond donors (Lipinski definition) is 2. The van der Waals surface area contributed by atoms with Gasteiger partial charge in [0.25, 0.3) is 0 Å². The molecular weight excluding hydrogens is 338 g/mol. The molecule has 1 aromatic heterocycles. The van der Waals surface area contributed by atoms with E-state index in [9.17, 15) is 0 Å². The molecule has 0 spiro atoms. The Morgan fingerprint density at radius 2 is 1.93 bits per heavy atom. The number of nitrogens with zero attached hydrogens (tertiary/aromatic N) is 3. The van der Waals surface area contributed by atoms with Gasteiger partial charge in [-0.15, -0.1) is 0 Å². The molecule has 0 unspecified atom stereocenters. The SMILES string of the molecule is CN=C(NCCOC1CCCCCC1)NC1CCN(c2ccccn2)CC1. The van der Waals surface area contributed by atoms with Crippen LogP contribution >= 0.6 is 0 Å². The van der Waals surface area contributed by atoms with E-state index in [0.29, 0.717) is 12.1 Å². The summed E-state index contributed by atoms with van der Waals surface area (Å²) >= 11 is 0. The van der Waals surface area contributed by atoms with Crippen LogP contribution in [0, 0.1) is 0 Å². The van der Waals surface area contributed by atoms with E-state index < -0.39 is 0 Å². The monoisotopic (exact) mass is 373 g/mol. The van der Waals surface area contributed by atoms with Crippen LogP contribution in [0.25, 0.3) is 0 Å². The number of aromatic nitrogens is 1. The van der Waals surface area contributed by atoms with Crippen LogP contribution in [0.15, 0.2) is 29.4 Å². The van der Waals surface area contributed by atoms with Crippen molar-refractivity contribution in [3.8, 4) is 0 Å². The van der Waals surface area contributed by atoms with Crippen LogP contribution in [-0.2, 0) is 4.74 Å². The first-order chi connectivity index (χ1) is 13.3. The molecule has 0 bridgehead atoms. The highest BCUT2D eigenvalue weighted by molar-refractivity contribution is 5.79. The van der Waals surface area contributed by atoms with Gasteiger partial charge in [0.1, 0.15) is 5.82 Å². The first kappa shape index (κ1) is 19.9. The van der Waals surface area contributed by atoms with E-state index in [4.69, 9.17) is 4.74 Å². The molecule has 0 aromatic carbocycles. The molecule has 6 nitrogen and oxygen atoms in total. The number of guanidine groups is 1. The zero-order valence-corrected chi connectivity index (χ0v) is 16.7. The fourth-order valence-electron chi connectivity index (χ4n) is 3.99. The number of piperidine rings is 1. The maximum absolute atomic E-state index is 6.05. The minimum Gasteiger partial charge on any atom is -0.376 e. The third-order valence-electron chi connectivity index (χ3n) is 5.58. The Kier molecular flexibility index (Phi) is 8.21. The number of nitrogens with one attached hydrogen (secondary N) is 2. The number of aliphatic imine (C=N–C) groups is 1. The van der Waals surface area contributed by atoms with E-state index in [0.717, 1.165) is 50.9 Å². The van der Waals surface area contributed by atoms with Crippen LogP contribution in [0.4, 0.5) is 5.82 Å². The van der Waals surface area contributed by atoms with Crippen molar-refractivity contribution in [1.82, 2.24) is 15.6 Å². The number of anilines is 1. The van der Waals surface area contributed by atoms with Gasteiger partial charge in [-0.1, -0.05) is 31.7 Å². The molecule has 150 valence electrons. The van der Waals surface area contributed by atoms with Crippen molar-refractivity contribution in [2.24, 2.45) is 4.99 Å². The summed E-state index contributed by atoms with van der Waals surface area (Å²) < 4.78 is 6.05. The van der Waals surface area contributed by atoms with Gasteiger partial charge in [0, 0.05) is 38.9 Å². The second kappa shape index (κ2) is 11.1. The minimum atomic E-state index is 0.457. The number of hydrogen-bond acceptors (Lipinski definition) is 4. The molecule has 1 aliphatic carbocycles. The van der Waals surface area contributed by atoms with E-state index in [1.165, 1.54) is 38.5 Å². The lowest BCUT2D eigenvalue weighted by Crippen LogP contribution is -2.49.